The van der Waals surface area contributed by atoms with E-state index in [0.29, 0.717) is 29.7 Å². The second-order valence-corrected chi connectivity index (χ2v) is 5.84. The van der Waals surface area contributed by atoms with Gasteiger partial charge in [0.2, 0.25) is 0 Å². The number of amides is 2. The first-order chi connectivity index (χ1) is 11.0. The summed E-state index contributed by atoms with van der Waals surface area (Å²) >= 11 is 11.8. The molecule has 23 heavy (non-hydrogen) atoms. The minimum Gasteiger partial charge on any atom is -0.492 e. The van der Waals surface area contributed by atoms with Crippen molar-refractivity contribution in [3.05, 3.63) is 63.6 Å². The Kier molecular flexibility index (Phi) is 6.56. The number of halogens is 2. The Hall–Kier alpha value is -1.91. The van der Waals surface area contributed by atoms with E-state index in [1.807, 2.05) is 25.1 Å². The molecule has 0 unspecified atom stereocenters. The molecule has 2 rings (SSSR count). The lowest BCUT2D eigenvalue weighted by atomic mass is 10.2. The molecule has 6 heteroatoms. The molecule has 0 aromatic heterocycles. The minimum atomic E-state index is -0.240. The molecule has 0 saturated heterocycles. The first kappa shape index (κ1) is 17.4. The van der Waals surface area contributed by atoms with Crippen molar-refractivity contribution in [3.8, 4) is 5.75 Å². The maximum atomic E-state index is 11.7. The Bertz CT molecular complexity index is 660. The molecule has 0 saturated carbocycles. The largest absolute Gasteiger partial charge is 0.492 e. The Morgan fingerprint density at radius 3 is 2.52 bits per heavy atom. The highest BCUT2D eigenvalue weighted by Gasteiger charge is 2.01. The normalized spacial score (nSPS) is 10.2. The van der Waals surface area contributed by atoms with Crippen LogP contribution in [0, 0.1) is 6.92 Å². The summed E-state index contributed by atoms with van der Waals surface area (Å²) in [5.41, 5.74) is 1.94. The number of aryl methyl sites for hydroxylation is 1. The van der Waals surface area contributed by atoms with E-state index in [0.717, 1.165) is 16.9 Å². The number of carbonyl (C=O) groups is 1. The van der Waals surface area contributed by atoms with Crippen LogP contribution in [0.4, 0.5) is 4.79 Å². The highest BCUT2D eigenvalue weighted by Crippen LogP contribution is 2.20. The molecular formula is C17H18Cl2N2O2. The van der Waals surface area contributed by atoms with E-state index >= 15 is 0 Å². The fourth-order valence-corrected chi connectivity index (χ4v) is 2.13. The van der Waals surface area contributed by atoms with Gasteiger partial charge in [-0.1, -0.05) is 35.3 Å². The first-order valence-electron chi connectivity index (χ1n) is 7.19. The van der Waals surface area contributed by atoms with Gasteiger partial charge in [0.1, 0.15) is 12.4 Å². The van der Waals surface area contributed by atoms with Crippen LogP contribution in [0.25, 0.3) is 0 Å². The van der Waals surface area contributed by atoms with Gasteiger partial charge in [0.05, 0.1) is 6.54 Å². The fraction of sp³-hybridized carbons (Fsp3) is 0.235. The fourth-order valence-electron chi connectivity index (χ4n) is 1.89. The first-order valence-corrected chi connectivity index (χ1v) is 7.95. The Balaban J connectivity index is 1.64. The van der Waals surface area contributed by atoms with Crippen molar-refractivity contribution in [2.45, 2.75) is 13.5 Å². The van der Waals surface area contributed by atoms with Gasteiger partial charge >= 0.3 is 6.03 Å². The molecule has 0 spiro atoms. The molecule has 0 atom stereocenters. The van der Waals surface area contributed by atoms with Crippen LogP contribution < -0.4 is 15.4 Å². The van der Waals surface area contributed by atoms with Gasteiger partial charge in [-0.15, -0.1) is 0 Å². The molecule has 0 bridgehead atoms. The standard InChI is InChI=1S/C17H18Cl2N2O2/c1-12-10-15(6-7-16(12)19)23-9-8-20-17(22)21-11-13-2-4-14(18)5-3-13/h2-7,10H,8-9,11H2,1H3,(H2,20,21,22). The van der Waals surface area contributed by atoms with Gasteiger partial charge < -0.3 is 15.4 Å². The minimum absolute atomic E-state index is 0.240. The smallest absolute Gasteiger partial charge is 0.315 e. The number of carbonyl (C=O) groups excluding carboxylic acids is 1. The van der Waals surface area contributed by atoms with E-state index in [-0.39, 0.29) is 6.03 Å². The summed E-state index contributed by atoms with van der Waals surface area (Å²) in [5, 5.41) is 6.88. The molecule has 0 aliphatic heterocycles. The zero-order chi connectivity index (χ0) is 16.7. The van der Waals surface area contributed by atoms with Gasteiger partial charge in [-0.25, -0.2) is 4.79 Å². The number of nitrogens with one attached hydrogen (secondary N) is 2. The van der Waals surface area contributed by atoms with Crippen LogP contribution in [0.15, 0.2) is 42.5 Å². The van der Waals surface area contributed by atoms with Gasteiger partial charge in [-0.05, 0) is 48.4 Å². The molecule has 2 aromatic rings. The maximum absolute atomic E-state index is 11.7. The molecule has 0 aliphatic rings. The summed E-state index contributed by atoms with van der Waals surface area (Å²) in [7, 11) is 0. The predicted octanol–water partition coefficient (Wildman–Crippen LogP) is 4.18. The molecule has 0 heterocycles. The van der Waals surface area contributed by atoms with Gasteiger partial charge in [0.25, 0.3) is 0 Å². The number of ether oxygens (including phenoxy) is 1. The van der Waals surface area contributed by atoms with Crippen LogP contribution >= 0.6 is 23.2 Å². The number of hydrogen-bond donors (Lipinski definition) is 2. The second kappa shape index (κ2) is 8.65. The molecule has 4 nitrogen and oxygen atoms in total. The van der Waals surface area contributed by atoms with Crippen molar-refractivity contribution >= 4 is 29.2 Å². The van der Waals surface area contributed by atoms with Crippen LogP contribution in [-0.2, 0) is 6.54 Å². The molecule has 2 amide bonds. The van der Waals surface area contributed by atoms with Crippen molar-refractivity contribution in [2.24, 2.45) is 0 Å². The zero-order valence-electron chi connectivity index (χ0n) is 12.7. The van der Waals surface area contributed by atoms with Crippen molar-refractivity contribution in [3.63, 3.8) is 0 Å². The van der Waals surface area contributed by atoms with E-state index in [2.05, 4.69) is 10.6 Å². The molecule has 2 N–H and O–H groups in total. The highest BCUT2D eigenvalue weighted by atomic mass is 35.5. The van der Waals surface area contributed by atoms with Crippen molar-refractivity contribution in [1.82, 2.24) is 10.6 Å². The van der Waals surface area contributed by atoms with Crippen LogP contribution in [0.2, 0.25) is 10.0 Å². The van der Waals surface area contributed by atoms with E-state index in [4.69, 9.17) is 27.9 Å². The van der Waals surface area contributed by atoms with Crippen molar-refractivity contribution < 1.29 is 9.53 Å². The summed E-state index contributed by atoms with van der Waals surface area (Å²) in [6.07, 6.45) is 0. The lowest BCUT2D eigenvalue weighted by molar-refractivity contribution is 0.236. The molecule has 0 radical (unpaired) electrons. The Morgan fingerprint density at radius 2 is 1.83 bits per heavy atom. The third kappa shape index (κ3) is 6.00. The molecule has 122 valence electrons. The lowest BCUT2D eigenvalue weighted by Crippen LogP contribution is -2.37. The number of hydrogen-bond acceptors (Lipinski definition) is 2. The van der Waals surface area contributed by atoms with Gasteiger partial charge in [-0.3, -0.25) is 0 Å². The molecular weight excluding hydrogens is 335 g/mol. The Labute approximate surface area is 145 Å². The number of rotatable bonds is 6. The molecule has 2 aromatic carbocycles. The quantitative estimate of drug-likeness (QED) is 0.766. The summed E-state index contributed by atoms with van der Waals surface area (Å²) in [4.78, 5) is 11.7. The van der Waals surface area contributed by atoms with Gasteiger partial charge in [0.15, 0.2) is 0 Å². The predicted molar refractivity (Wildman–Crippen MR) is 93.4 cm³/mol. The van der Waals surface area contributed by atoms with Crippen molar-refractivity contribution in [1.29, 1.82) is 0 Å². The van der Waals surface area contributed by atoms with E-state index < -0.39 is 0 Å². The third-order valence-corrected chi connectivity index (χ3v) is 3.83. The van der Waals surface area contributed by atoms with E-state index in [9.17, 15) is 4.79 Å². The lowest BCUT2D eigenvalue weighted by Gasteiger charge is -2.10. The second-order valence-electron chi connectivity index (χ2n) is 5.00. The SMILES string of the molecule is Cc1cc(OCCNC(=O)NCc2ccc(Cl)cc2)ccc1Cl. The maximum Gasteiger partial charge on any atom is 0.315 e. The third-order valence-electron chi connectivity index (χ3n) is 3.15. The molecule has 0 aliphatic carbocycles. The average Bonchev–Trinajstić information content (AvgIpc) is 2.54. The van der Waals surface area contributed by atoms with Crippen LogP contribution in [0.1, 0.15) is 11.1 Å². The number of benzene rings is 2. The number of urea groups is 1. The summed E-state index contributed by atoms with van der Waals surface area (Å²) < 4.78 is 5.55. The highest BCUT2D eigenvalue weighted by molar-refractivity contribution is 6.31. The van der Waals surface area contributed by atoms with Crippen LogP contribution in [-0.4, -0.2) is 19.2 Å². The molecule has 0 fully saturated rings. The van der Waals surface area contributed by atoms with Gasteiger partial charge in [-0.2, -0.15) is 0 Å². The zero-order valence-corrected chi connectivity index (χ0v) is 14.2. The van der Waals surface area contributed by atoms with Gasteiger partial charge in [0, 0.05) is 16.6 Å². The van der Waals surface area contributed by atoms with Crippen LogP contribution in [0.3, 0.4) is 0 Å². The van der Waals surface area contributed by atoms with E-state index in [1.54, 1.807) is 24.3 Å². The monoisotopic (exact) mass is 352 g/mol. The van der Waals surface area contributed by atoms with Crippen molar-refractivity contribution in [2.75, 3.05) is 13.2 Å². The van der Waals surface area contributed by atoms with E-state index in [1.165, 1.54) is 0 Å². The average molecular weight is 353 g/mol. The van der Waals surface area contributed by atoms with Crippen LogP contribution in [0.5, 0.6) is 5.75 Å². The summed E-state index contributed by atoms with van der Waals surface area (Å²) in [6, 6.07) is 12.5. The Morgan fingerprint density at radius 1 is 1.09 bits per heavy atom. The summed E-state index contributed by atoms with van der Waals surface area (Å²) in [6.45, 7) is 3.15. The summed E-state index contributed by atoms with van der Waals surface area (Å²) in [5.74, 6) is 0.732. The topological polar surface area (TPSA) is 50.4 Å².